The van der Waals surface area contributed by atoms with Gasteiger partial charge in [-0.05, 0) is 73.9 Å². The molecule has 1 saturated carbocycles. The van der Waals surface area contributed by atoms with Gasteiger partial charge in [0.2, 0.25) is 0 Å². The van der Waals surface area contributed by atoms with Gasteiger partial charge in [0.25, 0.3) is 11.8 Å². The van der Waals surface area contributed by atoms with Crippen LogP contribution in [0.5, 0.6) is 17.2 Å². The molecule has 9 nitrogen and oxygen atoms in total. The Morgan fingerprint density at radius 1 is 1.02 bits per heavy atom. The fourth-order valence-corrected chi connectivity index (χ4v) is 5.66. The predicted molar refractivity (Wildman–Crippen MR) is 160 cm³/mol. The van der Waals surface area contributed by atoms with Crippen molar-refractivity contribution in [2.24, 2.45) is 0 Å². The topological polar surface area (TPSA) is 104 Å². The molecule has 2 amide bonds. The summed E-state index contributed by atoms with van der Waals surface area (Å²) in [7, 11) is 0. The summed E-state index contributed by atoms with van der Waals surface area (Å²) in [5.41, 5.74) is 2.70. The zero-order chi connectivity index (χ0) is 30.8. The van der Waals surface area contributed by atoms with Crippen molar-refractivity contribution in [3.8, 4) is 22.9 Å². The summed E-state index contributed by atoms with van der Waals surface area (Å²) in [5.74, 6) is -3.51. The molecule has 2 atom stereocenters. The number of fused-ring (bicyclic) bond motifs is 2. The van der Waals surface area contributed by atoms with E-state index in [1.807, 2.05) is 24.3 Å². The van der Waals surface area contributed by atoms with Crippen LogP contribution in [0.25, 0.3) is 16.6 Å². The molecule has 2 aliphatic rings. The molecule has 0 saturated heterocycles. The third-order valence-electron chi connectivity index (χ3n) is 7.95. The Hall–Kier alpha value is -4.67. The highest BCUT2D eigenvalue weighted by Crippen LogP contribution is 2.36. The molecule has 0 bridgehead atoms. The van der Waals surface area contributed by atoms with Crippen LogP contribution in [0.2, 0.25) is 0 Å². The molecule has 0 spiro atoms. The van der Waals surface area contributed by atoms with Crippen LogP contribution >= 0.6 is 0 Å². The van der Waals surface area contributed by atoms with Crippen molar-refractivity contribution >= 4 is 22.7 Å². The number of hydrogen-bond acceptors (Lipinski definition) is 6. The zero-order valence-electron chi connectivity index (χ0n) is 24.5. The van der Waals surface area contributed by atoms with Crippen molar-refractivity contribution in [3.05, 3.63) is 78.0 Å². The Kier molecular flexibility index (Phi) is 8.11. The number of halogens is 2. The Morgan fingerprint density at radius 2 is 1.80 bits per heavy atom. The molecule has 6 rings (SSSR count). The van der Waals surface area contributed by atoms with E-state index in [9.17, 15) is 18.4 Å². The molecule has 0 radical (unpaired) electrons. The number of nitrogens with one attached hydrogen (secondary N) is 2. The van der Waals surface area contributed by atoms with Crippen LogP contribution < -0.4 is 24.8 Å². The summed E-state index contributed by atoms with van der Waals surface area (Å²) < 4.78 is 46.9. The molecule has 230 valence electrons. The van der Waals surface area contributed by atoms with Crippen molar-refractivity contribution in [2.75, 3.05) is 13.2 Å². The van der Waals surface area contributed by atoms with Crippen molar-refractivity contribution in [1.82, 2.24) is 20.4 Å². The van der Waals surface area contributed by atoms with E-state index in [4.69, 9.17) is 14.2 Å². The van der Waals surface area contributed by atoms with E-state index in [0.29, 0.717) is 48.5 Å². The average molecular weight is 605 g/mol. The van der Waals surface area contributed by atoms with E-state index >= 15 is 0 Å². The van der Waals surface area contributed by atoms with Crippen LogP contribution in [0.3, 0.4) is 0 Å². The molecule has 1 aliphatic heterocycles. The number of carbonyl (C=O) groups is 2. The minimum Gasteiger partial charge on any atom is -0.486 e. The Balaban J connectivity index is 1.26. The lowest BCUT2D eigenvalue weighted by molar-refractivity contribution is -0.144. The number of carbonyl (C=O) groups excluding carboxylic acids is 2. The van der Waals surface area contributed by atoms with E-state index in [0.717, 1.165) is 42.3 Å². The summed E-state index contributed by atoms with van der Waals surface area (Å²) in [6.07, 6.45) is 5.14. The van der Waals surface area contributed by atoms with Gasteiger partial charge in [0.1, 0.15) is 25.1 Å². The number of rotatable bonds is 9. The second-order valence-electron chi connectivity index (χ2n) is 11.4. The summed E-state index contributed by atoms with van der Waals surface area (Å²) in [6.45, 7) is 2.97. The van der Waals surface area contributed by atoms with Crippen molar-refractivity contribution in [3.63, 3.8) is 0 Å². The predicted octanol–water partition coefficient (Wildman–Crippen LogP) is 5.75. The maximum absolute atomic E-state index is 13.7. The number of alkyl halides is 2. The van der Waals surface area contributed by atoms with Gasteiger partial charge < -0.3 is 24.8 Å². The third-order valence-corrected chi connectivity index (χ3v) is 7.95. The van der Waals surface area contributed by atoms with Gasteiger partial charge in [0.15, 0.2) is 11.5 Å². The minimum atomic E-state index is -3.55. The van der Waals surface area contributed by atoms with Crippen molar-refractivity contribution < 1.29 is 32.6 Å². The van der Waals surface area contributed by atoms with Crippen LogP contribution in [-0.4, -0.2) is 52.8 Å². The van der Waals surface area contributed by atoms with Crippen molar-refractivity contribution in [1.29, 1.82) is 0 Å². The molecule has 3 aromatic carbocycles. The molecule has 1 unspecified atom stereocenters. The van der Waals surface area contributed by atoms with Crippen LogP contribution in [0.15, 0.2) is 66.9 Å². The first-order valence-corrected chi connectivity index (χ1v) is 14.8. The Labute approximate surface area is 253 Å². The summed E-state index contributed by atoms with van der Waals surface area (Å²) in [4.78, 5) is 25.0. The van der Waals surface area contributed by atoms with Crippen LogP contribution in [0, 0.1) is 0 Å². The first-order chi connectivity index (χ1) is 21.2. The van der Waals surface area contributed by atoms with Gasteiger partial charge >= 0.3 is 5.92 Å². The number of nitrogens with zero attached hydrogens (tertiary/aromatic N) is 2. The molecule has 2 heterocycles. The summed E-state index contributed by atoms with van der Waals surface area (Å²) in [6, 6.07) is 17.3. The Bertz CT molecular complexity index is 1680. The lowest BCUT2D eigenvalue weighted by atomic mass is 10.0. The standard InChI is InChI=1S/C33H34F2N4O5/c1-20(37-32(41)33(2,34)35)30(21-10-13-28-29(18-21)43-15-14-42-28)44-26-11-12-27-23(17-26)19-36-39(27)25-9-5-6-22(16-25)31(40)38-24-7-3-4-8-24/h5-6,9-13,16-20,24,30H,3-4,7-8,14-15H2,1-2H3,(H,37,41)(H,38,40)/t20?,30-/m0/s1. The highest BCUT2D eigenvalue weighted by molar-refractivity contribution is 5.95. The molecule has 1 aromatic heterocycles. The molecular weight excluding hydrogens is 570 g/mol. The molecule has 44 heavy (non-hydrogen) atoms. The second-order valence-corrected chi connectivity index (χ2v) is 11.4. The molecular formula is C33H34F2N4O5. The minimum absolute atomic E-state index is 0.0990. The fourth-order valence-electron chi connectivity index (χ4n) is 5.66. The SMILES string of the molecule is CC(NC(=O)C(C)(F)F)[C@H](Oc1ccc2c(cnn2-c2cccc(C(=O)NC3CCCC3)c2)c1)c1ccc2c(c1)OCCO2. The second kappa shape index (κ2) is 12.1. The van der Waals surface area contributed by atoms with Gasteiger partial charge in [0.05, 0.1) is 23.4 Å². The quantitative estimate of drug-likeness (QED) is 0.252. The maximum atomic E-state index is 13.7. The average Bonchev–Trinajstić information content (AvgIpc) is 3.69. The first kappa shape index (κ1) is 29.4. The highest BCUT2D eigenvalue weighted by Gasteiger charge is 2.35. The lowest BCUT2D eigenvalue weighted by Crippen LogP contribution is -2.46. The molecule has 4 aromatic rings. The number of hydrogen-bond donors (Lipinski definition) is 2. The van der Waals surface area contributed by atoms with Gasteiger partial charge in [-0.15, -0.1) is 0 Å². The fraction of sp³-hybridized carbons (Fsp3) is 0.364. The molecule has 2 N–H and O–H groups in total. The van der Waals surface area contributed by atoms with E-state index in [-0.39, 0.29) is 11.9 Å². The van der Waals surface area contributed by atoms with E-state index in [1.165, 1.54) is 0 Å². The molecule has 11 heteroatoms. The lowest BCUT2D eigenvalue weighted by Gasteiger charge is -2.28. The van der Waals surface area contributed by atoms with Crippen LogP contribution in [0.4, 0.5) is 8.78 Å². The third kappa shape index (κ3) is 6.31. The summed E-state index contributed by atoms with van der Waals surface area (Å²) in [5, 5.41) is 10.8. The van der Waals surface area contributed by atoms with Crippen molar-refractivity contribution in [2.45, 2.75) is 63.6 Å². The smallest absolute Gasteiger partial charge is 0.321 e. The first-order valence-electron chi connectivity index (χ1n) is 14.8. The molecule has 1 fully saturated rings. The number of aromatic nitrogens is 2. The van der Waals surface area contributed by atoms with E-state index in [1.54, 1.807) is 54.2 Å². The van der Waals surface area contributed by atoms with Gasteiger partial charge in [-0.2, -0.15) is 13.9 Å². The normalized spacial score (nSPS) is 16.4. The van der Waals surface area contributed by atoms with E-state index in [2.05, 4.69) is 15.7 Å². The van der Waals surface area contributed by atoms with Gasteiger partial charge in [-0.1, -0.05) is 25.0 Å². The van der Waals surface area contributed by atoms with Gasteiger partial charge in [0, 0.05) is 23.9 Å². The summed E-state index contributed by atoms with van der Waals surface area (Å²) >= 11 is 0. The molecule has 1 aliphatic carbocycles. The number of amides is 2. The maximum Gasteiger partial charge on any atom is 0.321 e. The zero-order valence-corrected chi connectivity index (χ0v) is 24.5. The van der Waals surface area contributed by atoms with Gasteiger partial charge in [-0.3, -0.25) is 9.59 Å². The largest absolute Gasteiger partial charge is 0.486 e. The van der Waals surface area contributed by atoms with Gasteiger partial charge in [-0.25, -0.2) is 4.68 Å². The van der Waals surface area contributed by atoms with Crippen LogP contribution in [-0.2, 0) is 4.79 Å². The monoisotopic (exact) mass is 604 g/mol. The number of benzene rings is 3. The number of ether oxygens (including phenoxy) is 3. The van der Waals surface area contributed by atoms with Crippen LogP contribution in [0.1, 0.15) is 61.6 Å². The Morgan fingerprint density at radius 3 is 2.57 bits per heavy atom. The van der Waals surface area contributed by atoms with E-state index < -0.39 is 24.0 Å². The highest BCUT2D eigenvalue weighted by atomic mass is 19.3.